The number of hydrogen-bond donors (Lipinski definition) is 0. The van der Waals surface area contributed by atoms with Crippen LogP contribution in [0.1, 0.15) is 26.3 Å². The third kappa shape index (κ3) is 1.77. The van der Waals surface area contributed by atoms with Crippen molar-refractivity contribution in [3.63, 3.8) is 0 Å². The number of hydrogen-bond acceptors (Lipinski definition) is 3. The molecule has 0 unspecified atom stereocenters. The van der Waals surface area contributed by atoms with Gasteiger partial charge in [0.1, 0.15) is 0 Å². The third-order valence-electron chi connectivity index (χ3n) is 2.74. The van der Waals surface area contributed by atoms with E-state index < -0.39 is 11.2 Å². The van der Waals surface area contributed by atoms with Crippen molar-refractivity contribution in [3.8, 4) is 0 Å². The van der Waals surface area contributed by atoms with Gasteiger partial charge in [-0.1, -0.05) is 18.2 Å². The molecule has 1 aromatic carbocycles. The molecular formula is C13H14N2O3. The van der Waals surface area contributed by atoms with Crippen LogP contribution in [0.4, 0.5) is 0 Å². The maximum atomic E-state index is 12.2. The van der Waals surface area contributed by atoms with Crippen molar-refractivity contribution >= 4 is 17.2 Å². The highest BCUT2D eigenvalue weighted by Crippen LogP contribution is 2.21. The minimum Gasteiger partial charge on any atom is -0.561 e. The molecule has 5 nitrogen and oxygen atoms in total. The van der Waals surface area contributed by atoms with Gasteiger partial charge in [-0.25, -0.2) is 0 Å². The molecular weight excluding hydrogens is 232 g/mol. The minimum absolute atomic E-state index is 0.0312. The van der Waals surface area contributed by atoms with Crippen molar-refractivity contribution in [1.29, 1.82) is 0 Å². The van der Waals surface area contributed by atoms with E-state index >= 15 is 0 Å². The van der Waals surface area contributed by atoms with E-state index in [9.17, 15) is 15.2 Å². The smallest absolute Gasteiger partial charge is 0.348 e. The standard InChI is InChI=1S/C13H14N2O3/c1-13(2,3)12-11(16)10(14(17)15(12)18)9-7-5-4-6-8-9/h4-8H,1-3H3. The van der Waals surface area contributed by atoms with E-state index in [0.717, 1.165) is 0 Å². The first-order chi connectivity index (χ1) is 8.34. The van der Waals surface area contributed by atoms with Crippen LogP contribution in [0, 0.1) is 15.8 Å². The van der Waals surface area contributed by atoms with E-state index in [-0.39, 0.29) is 21.1 Å². The number of benzene rings is 1. The molecule has 0 fully saturated rings. The molecule has 94 valence electrons. The molecule has 18 heavy (non-hydrogen) atoms. The van der Waals surface area contributed by atoms with Gasteiger partial charge in [0.05, 0.1) is 20.7 Å². The molecule has 0 N–H and O–H groups in total. The van der Waals surface area contributed by atoms with Crippen LogP contribution in [0.15, 0.2) is 30.3 Å². The first-order valence-electron chi connectivity index (χ1n) is 5.63. The van der Waals surface area contributed by atoms with Crippen molar-refractivity contribution in [2.75, 3.05) is 0 Å². The molecule has 5 heteroatoms. The highest BCUT2D eigenvalue weighted by atomic mass is 16.7. The van der Waals surface area contributed by atoms with Crippen molar-refractivity contribution < 1.29 is 14.5 Å². The summed E-state index contributed by atoms with van der Waals surface area (Å²) in [5.41, 5.74) is -0.359. The summed E-state index contributed by atoms with van der Waals surface area (Å²) in [6.07, 6.45) is 0. The second-order valence-electron chi connectivity index (χ2n) is 5.19. The van der Waals surface area contributed by atoms with Crippen molar-refractivity contribution in [1.82, 2.24) is 0 Å². The largest absolute Gasteiger partial charge is 0.561 e. The predicted molar refractivity (Wildman–Crippen MR) is 67.3 cm³/mol. The maximum Gasteiger partial charge on any atom is 0.348 e. The lowest BCUT2D eigenvalue weighted by molar-refractivity contribution is -1.05. The Balaban J connectivity index is 2.55. The molecule has 0 saturated carbocycles. The third-order valence-corrected chi connectivity index (χ3v) is 2.74. The number of carbonyl (C=O) groups excluding carboxylic acids is 1. The van der Waals surface area contributed by atoms with Crippen molar-refractivity contribution in [3.05, 3.63) is 46.3 Å². The second-order valence-corrected chi connectivity index (χ2v) is 5.19. The molecule has 2 rings (SSSR count). The Morgan fingerprint density at radius 2 is 1.56 bits per heavy atom. The van der Waals surface area contributed by atoms with Gasteiger partial charge < -0.3 is 10.4 Å². The summed E-state index contributed by atoms with van der Waals surface area (Å²) in [7, 11) is 0. The predicted octanol–water partition coefficient (Wildman–Crippen LogP) is 1.48. The van der Waals surface area contributed by atoms with Crippen LogP contribution in [0.2, 0.25) is 0 Å². The molecule has 1 aliphatic heterocycles. The number of hydrazine groups is 1. The average molecular weight is 246 g/mol. The number of carbonyl (C=O) groups is 1. The van der Waals surface area contributed by atoms with Crippen LogP contribution in [0.5, 0.6) is 0 Å². The number of hydrazone groups is 2. The molecule has 0 aliphatic carbocycles. The summed E-state index contributed by atoms with van der Waals surface area (Å²) < 4.78 is 0. The lowest BCUT2D eigenvalue weighted by atomic mass is 9.85. The van der Waals surface area contributed by atoms with Crippen LogP contribution in [0.25, 0.3) is 0 Å². The fourth-order valence-electron chi connectivity index (χ4n) is 1.93. The molecule has 0 spiro atoms. The van der Waals surface area contributed by atoms with E-state index in [2.05, 4.69) is 0 Å². The van der Waals surface area contributed by atoms with Crippen LogP contribution >= 0.6 is 0 Å². The van der Waals surface area contributed by atoms with Gasteiger partial charge in [-0.3, -0.25) is 4.79 Å². The van der Waals surface area contributed by atoms with E-state index in [1.807, 2.05) is 0 Å². The van der Waals surface area contributed by atoms with Crippen molar-refractivity contribution in [2.45, 2.75) is 20.8 Å². The maximum absolute atomic E-state index is 12.2. The summed E-state index contributed by atoms with van der Waals surface area (Å²) in [5, 5.41) is 23.6. The monoisotopic (exact) mass is 246 g/mol. The fourth-order valence-corrected chi connectivity index (χ4v) is 1.93. The summed E-state index contributed by atoms with van der Waals surface area (Å²) in [6, 6.07) is 8.48. The summed E-state index contributed by atoms with van der Waals surface area (Å²) >= 11 is 0. The number of rotatable bonds is 1. The number of nitrogens with zero attached hydrogens (tertiary/aromatic N) is 2. The van der Waals surface area contributed by atoms with Gasteiger partial charge in [-0.15, -0.1) is 0 Å². The fraction of sp³-hybridized carbons (Fsp3) is 0.308. The van der Waals surface area contributed by atoms with E-state index in [1.54, 1.807) is 51.1 Å². The van der Waals surface area contributed by atoms with Crippen LogP contribution in [-0.2, 0) is 4.79 Å². The minimum atomic E-state index is -0.669. The lowest BCUT2D eigenvalue weighted by Crippen LogP contribution is -2.34. The second kappa shape index (κ2) is 3.94. The van der Waals surface area contributed by atoms with E-state index in [4.69, 9.17) is 0 Å². The molecule has 0 amide bonds. The van der Waals surface area contributed by atoms with E-state index in [0.29, 0.717) is 5.56 Å². The molecule has 1 aromatic rings. The highest BCUT2D eigenvalue weighted by Gasteiger charge is 2.50. The SMILES string of the molecule is CC(C)(C)C1=[N+]([O-])[N+]([O-])=C(c2ccccc2)C1=O. The summed E-state index contributed by atoms with van der Waals surface area (Å²) in [4.78, 5) is 12.5. The van der Waals surface area contributed by atoms with Gasteiger partial charge >= 0.3 is 17.2 Å². The van der Waals surface area contributed by atoms with Gasteiger partial charge in [0.15, 0.2) is 0 Å². The Morgan fingerprint density at radius 1 is 1.00 bits per heavy atom. The molecule has 1 heterocycles. The Hall–Kier alpha value is -2.17. The van der Waals surface area contributed by atoms with E-state index in [1.165, 1.54) is 0 Å². The summed E-state index contributed by atoms with van der Waals surface area (Å²) in [6.45, 7) is 5.19. The Bertz CT molecular complexity index is 566. The van der Waals surface area contributed by atoms with Crippen molar-refractivity contribution in [2.24, 2.45) is 5.41 Å². The normalized spacial score (nSPS) is 16.7. The van der Waals surface area contributed by atoms with Crippen LogP contribution < -0.4 is 0 Å². The molecule has 0 aromatic heterocycles. The average Bonchev–Trinajstić information content (AvgIpc) is 2.50. The van der Waals surface area contributed by atoms with Gasteiger partial charge in [-0.05, 0) is 32.9 Å². The number of Topliss-reactive ketones (excluding diaryl/α,β-unsaturated/α-hetero) is 1. The van der Waals surface area contributed by atoms with Crippen LogP contribution in [-0.4, -0.2) is 26.9 Å². The molecule has 0 bridgehead atoms. The molecule has 0 radical (unpaired) electrons. The first-order valence-corrected chi connectivity index (χ1v) is 5.63. The molecule has 1 aliphatic rings. The van der Waals surface area contributed by atoms with Gasteiger partial charge in [0.2, 0.25) is 0 Å². The Morgan fingerprint density at radius 3 is 2.00 bits per heavy atom. The number of ketones is 1. The first kappa shape index (κ1) is 12.3. The van der Waals surface area contributed by atoms with Gasteiger partial charge in [-0.2, -0.15) is 0 Å². The van der Waals surface area contributed by atoms with Gasteiger partial charge in [0.25, 0.3) is 0 Å². The zero-order valence-corrected chi connectivity index (χ0v) is 10.5. The van der Waals surface area contributed by atoms with Gasteiger partial charge in [0, 0.05) is 0 Å². The zero-order chi connectivity index (χ0) is 13.5. The Kier molecular flexibility index (Phi) is 2.69. The molecule has 0 atom stereocenters. The highest BCUT2D eigenvalue weighted by molar-refractivity contribution is 6.68. The lowest BCUT2D eigenvalue weighted by Gasteiger charge is -2.11. The van der Waals surface area contributed by atoms with Crippen LogP contribution in [0.3, 0.4) is 0 Å². The molecule has 0 saturated heterocycles. The quantitative estimate of drug-likeness (QED) is 0.556. The topological polar surface area (TPSA) is 69.2 Å². The zero-order valence-electron chi connectivity index (χ0n) is 10.5. The summed E-state index contributed by atoms with van der Waals surface area (Å²) in [5.74, 6) is -0.501. The Labute approximate surface area is 105 Å².